The molecule has 0 aliphatic carbocycles. The number of carbonyl (C=O) groups is 1. The van der Waals surface area contributed by atoms with Gasteiger partial charge < -0.3 is 16.0 Å². The van der Waals surface area contributed by atoms with E-state index >= 15 is 0 Å². The summed E-state index contributed by atoms with van der Waals surface area (Å²) >= 11 is 0. The molecule has 1 aromatic heterocycles. The van der Waals surface area contributed by atoms with E-state index in [0.29, 0.717) is 12.5 Å². The van der Waals surface area contributed by atoms with Gasteiger partial charge in [0.25, 0.3) is 0 Å². The summed E-state index contributed by atoms with van der Waals surface area (Å²) in [4.78, 5) is 18.4. The van der Waals surface area contributed by atoms with Gasteiger partial charge in [0.15, 0.2) is 0 Å². The van der Waals surface area contributed by atoms with Gasteiger partial charge in [-0.15, -0.1) is 0 Å². The van der Waals surface area contributed by atoms with Crippen molar-refractivity contribution in [1.82, 2.24) is 15.3 Å². The molecule has 0 saturated heterocycles. The van der Waals surface area contributed by atoms with Crippen molar-refractivity contribution in [3.8, 4) is 0 Å². The maximum atomic E-state index is 11.5. The molecule has 0 radical (unpaired) electrons. The first kappa shape index (κ1) is 12.7. The zero-order chi connectivity index (χ0) is 12.0. The number of hydrogen-bond donors (Lipinski definition) is 3. The summed E-state index contributed by atoms with van der Waals surface area (Å²) in [5.74, 6) is 0.363. The van der Waals surface area contributed by atoms with Crippen molar-refractivity contribution in [2.75, 3.05) is 6.54 Å². The van der Waals surface area contributed by atoms with Crippen molar-refractivity contribution in [2.24, 2.45) is 11.7 Å². The average molecular weight is 224 g/mol. The smallest absolute Gasteiger partial charge is 0.236 e. The summed E-state index contributed by atoms with van der Waals surface area (Å²) in [5, 5.41) is 2.81. The Balaban J connectivity index is 2.19. The maximum Gasteiger partial charge on any atom is 0.236 e. The van der Waals surface area contributed by atoms with Crippen molar-refractivity contribution >= 4 is 5.91 Å². The second kappa shape index (κ2) is 6.27. The second-order valence-corrected chi connectivity index (χ2v) is 4.35. The van der Waals surface area contributed by atoms with E-state index in [9.17, 15) is 4.79 Å². The van der Waals surface area contributed by atoms with Crippen LogP contribution in [0.2, 0.25) is 0 Å². The first-order valence-corrected chi connectivity index (χ1v) is 5.60. The van der Waals surface area contributed by atoms with Gasteiger partial charge in [-0.3, -0.25) is 4.79 Å². The van der Waals surface area contributed by atoms with Crippen LogP contribution < -0.4 is 11.1 Å². The first-order valence-electron chi connectivity index (χ1n) is 5.60. The number of rotatable bonds is 6. The predicted octanol–water partition coefficient (Wildman–Crippen LogP) is 0.442. The predicted molar refractivity (Wildman–Crippen MR) is 62.7 cm³/mol. The zero-order valence-corrected chi connectivity index (χ0v) is 9.86. The Morgan fingerprint density at radius 1 is 1.62 bits per heavy atom. The quantitative estimate of drug-likeness (QED) is 0.655. The number of hydrogen-bond acceptors (Lipinski definition) is 3. The van der Waals surface area contributed by atoms with Gasteiger partial charge in [0.2, 0.25) is 5.91 Å². The number of aromatic nitrogens is 2. The highest BCUT2D eigenvalue weighted by Crippen LogP contribution is 2.02. The molecule has 1 heterocycles. The van der Waals surface area contributed by atoms with Crippen LogP contribution in [0, 0.1) is 5.92 Å². The summed E-state index contributed by atoms with van der Waals surface area (Å²) in [6.45, 7) is 4.70. The van der Waals surface area contributed by atoms with Crippen LogP contribution >= 0.6 is 0 Å². The standard InChI is InChI=1S/C11H20N4O/c1-8(2)5-10(12)11(16)14-4-3-9-6-13-7-15-9/h6-8,10H,3-5,12H2,1-2H3,(H,13,15)(H,14,16). The van der Waals surface area contributed by atoms with Gasteiger partial charge in [-0.25, -0.2) is 4.98 Å². The lowest BCUT2D eigenvalue weighted by molar-refractivity contribution is -0.122. The molecule has 1 unspecified atom stereocenters. The summed E-state index contributed by atoms with van der Waals surface area (Å²) in [6.07, 6.45) is 4.85. The molecule has 0 aromatic carbocycles. The largest absolute Gasteiger partial charge is 0.354 e. The SMILES string of the molecule is CC(C)CC(N)C(=O)NCCc1cnc[nH]1. The number of nitrogens with zero attached hydrogens (tertiary/aromatic N) is 1. The monoisotopic (exact) mass is 224 g/mol. The molecule has 5 heteroatoms. The molecule has 1 aromatic rings. The Morgan fingerprint density at radius 3 is 2.94 bits per heavy atom. The van der Waals surface area contributed by atoms with E-state index in [1.54, 1.807) is 12.5 Å². The van der Waals surface area contributed by atoms with Crippen molar-refractivity contribution in [3.05, 3.63) is 18.2 Å². The van der Waals surface area contributed by atoms with Gasteiger partial charge in [0.05, 0.1) is 12.4 Å². The lowest BCUT2D eigenvalue weighted by Crippen LogP contribution is -2.42. The highest BCUT2D eigenvalue weighted by atomic mass is 16.2. The third-order valence-corrected chi connectivity index (χ3v) is 2.31. The Morgan fingerprint density at radius 2 is 2.38 bits per heavy atom. The second-order valence-electron chi connectivity index (χ2n) is 4.35. The fraction of sp³-hybridized carbons (Fsp3) is 0.636. The van der Waals surface area contributed by atoms with Gasteiger partial charge >= 0.3 is 0 Å². The normalized spacial score (nSPS) is 12.8. The molecule has 16 heavy (non-hydrogen) atoms. The summed E-state index contributed by atoms with van der Waals surface area (Å²) in [5.41, 5.74) is 6.76. The van der Waals surface area contributed by atoms with Crippen molar-refractivity contribution in [1.29, 1.82) is 0 Å². The minimum atomic E-state index is -0.401. The van der Waals surface area contributed by atoms with E-state index in [1.807, 2.05) is 0 Å². The highest BCUT2D eigenvalue weighted by Gasteiger charge is 2.13. The number of carbonyl (C=O) groups excluding carboxylic acids is 1. The Hall–Kier alpha value is -1.36. The van der Waals surface area contributed by atoms with Crippen LogP contribution in [-0.2, 0) is 11.2 Å². The topological polar surface area (TPSA) is 83.8 Å². The van der Waals surface area contributed by atoms with E-state index in [0.717, 1.165) is 18.5 Å². The van der Waals surface area contributed by atoms with Gasteiger partial charge in [0.1, 0.15) is 0 Å². The Labute approximate surface area is 95.8 Å². The molecule has 0 bridgehead atoms. The molecule has 0 saturated carbocycles. The van der Waals surface area contributed by atoms with Crippen molar-refractivity contribution in [2.45, 2.75) is 32.7 Å². The van der Waals surface area contributed by atoms with E-state index in [-0.39, 0.29) is 5.91 Å². The molecule has 1 amide bonds. The molecule has 4 N–H and O–H groups in total. The minimum absolute atomic E-state index is 0.0757. The van der Waals surface area contributed by atoms with Crippen LogP contribution in [0.4, 0.5) is 0 Å². The lowest BCUT2D eigenvalue weighted by atomic mass is 10.0. The van der Waals surface area contributed by atoms with Crippen LogP contribution in [0.25, 0.3) is 0 Å². The van der Waals surface area contributed by atoms with Gasteiger partial charge in [-0.05, 0) is 12.3 Å². The first-order chi connectivity index (χ1) is 7.59. The van der Waals surface area contributed by atoms with E-state index in [4.69, 9.17) is 5.73 Å². The zero-order valence-electron chi connectivity index (χ0n) is 9.86. The van der Waals surface area contributed by atoms with E-state index < -0.39 is 6.04 Å². The van der Waals surface area contributed by atoms with Crippen LogP contribution in [0.1, 0.15) is 26.0 Å². The van der Waals surface area contributed by atoms with Crippen LogP contribution in [0.3, 0.4) is 0 Å². The van der Waals surface area contributed by atoms with Gasteiger partial charge in [-0.2, -0.15) is 0 Å². The molecular formula is C11H20N4O. The Bertz CT molecular complexity index is 308. The van der Waals surface area contributed by atoms with E-state index in [1.165, 1.54) is 0 Å². The number of imidazole rings is 1. The Kier molecular flexibility index (Phi) is 4.98. The van der Waals surface area contributed by atoms with E-state index in [2.05, 4.69) is 29.1 Å². The van der Waals surface area contributed by atoms with Crippen LogP contribution in [-0.4, -0.2) is 28.5 Å². The molecule has 0 spiro atoms. The lowest BCUT2D eigenvalue weighted by Gasteiger charge is -2.13. The number of nitrogens with one attached hydrogen (secondary N) is 2. The third kappa shape index (κ3) is 4.44. The molecule has 5 nitrogen and oxygen atoms in total. The van der Waals surface area contributed by atoms with Crippen molar-refractivity contribution < 1.29 is 4.79 Å². The van der Waals surface area contributed by atoms with Gasteiger partial charge in [0, 0.05) is 24.9 Å². The molecular weight excluding hydrogens is 204 g/mol. The minimum Gasteiger partial charge on any atom is -0.354 e. The van der Waals surface area contributed by atoms with Crippen LogP contribution in [0.15, 0.2) is 12.5 Å². The molecule has 0 aliphatic heterocycles. The third-order valence-electron chi connectivity index (χ3n) is 2.31. The summed E-state index contributed by atoms with van der Waals surface area (Å²) < 4.78 is 0. The average Bonchev–Trinajstić information content (AvgIpc) is 2.69. The summed E-state index contributed by atoms with van der Waals surface area (Å²) in [7, 11) is 0. The highest BCUT2D eigenvalue weighted by molar-refractivity contribution is 5.81. The number of H-pyrrole nitrogens is 1. The fourth-order valence-electron chi connectivity index (χ4n) is 1.49. The molecule has 1 atom stereocenters. The van der Waals surface area contributed by atoms with Gasteiger partial charge in [-0.1, -0.05) is 13.8 Å². The molecule has 1 rings (SSSR count). The molecule has 0 fully saturated rings. The number of nitrogens with two attached hydrogens (primary N) is 1. The van der Waals surface area contributed by atoms with Crippen molar-refractivity contribution in [3.63, 3.8) is 0 Å². The maximum absolute atomic E-state index is 11.5. The number of aromatic amines is 1. The molecule has 90 valence electrons. The van der Waals surface area contributed by atoms with Crippen LogP contribution in [0.5, 0.6) is 0 Å². The number of amides is 1. The fourth-order valence-corrected chi connectivity index (χ4v) is 1.49. The summed E-state index contributed by atoms with van der Waals surface area (Å²) in [6, 6.07) is -0.401. The molecule has 0 aliphatic rings.